The number of hydrogen-bond acceptors (Lipinski definition) is 4. The standard InChI is InChI=1S/C25H26F2N4O2/c1-30(2)22-10-8-17(13-20(22)26)24(32)28-15-16-6-5-7-19(12-16)29-25(33)18-9-11-23(31(3)4)21(27)14-18/h5-14H,15H2,1-4H3,(H,28,32)(H,29,33). The van der Waals surface area contributed by atoms with Gasteiger partial charge in [-0.1, -0.05) is 12.1 Å². The van der Waals surface area contributed by atoms with Crippen LogP contribution in [0.2, 0.25) is 0 Å². The number of nitrogens with zero attached hydrogens (tertiary/aromatic N) is 2. The van der Waals surface area contributed by atoms with Crippen LogP contribution in [0.15, 0.2) is 60.7 Å². The molecule has 8 heteroatoms. The molecule has 172 valence electrons. The van der Waals surface area contributed by atoms with Gasteiger partial charge >= 0.3 is 0 Å². The van der Waals surface area contributed by atoms with Gasteiger partial charge in [-0.3, -0.25) is 9.59 Å². The van der Waals surface area contributed by atoms with E-state index in [9.17, 15) is 18.4 Å². The highest BCUT2D eigenvalue weighted by atomic mass is 19.1. The molecule has 0 saturated heterocycles. The molecule has 3 aromatic rings. The van der Waals surface area contributed by atoms with Crippen molar-refractivity contribution in [2.45, 2.75) is 6.54 Å². The highest BCUT2D eigenvalue weighted by Crippen LogP contribution is 2.20. The summed E-state index contributed by atoms with van der Waals surface area (Å²) in [5.74, 6) is -1.83. The van der Waals surface area contributed by atoms with Crippen LogP contribution in [0, 0.1) is 11.6 Å². The molecule has 0 atom stereocenters. The largest absolute Gasteiger partial charge is 0.375 e. The smallest absolute Gasteiger partial charge is 0.255 e. The van der Waals surface area contributed by atoms with E-state index in [0.29, 0.717) is 17.1 Å². The third-order valence-corrected chi connectivity index (χ3v) is 5.02. The first kappa shape index (κ1) is 23.7. The third kappa shape index (κ3) is 5.85. The maximum absolute atomic E-state index is 14.2. The molecule has 2 N–H and O–H groups in total. The van der Waals surface area contributed by atoms with E-state index in [1.54, 1.807) is 86.5 Å². The van der Waals surface area contributed by atoms with Gasteiger partial charge in [0, 0.05) is 51.5 Å². The van der Waals surface area contributed by atoms with Crippen LogP contribution in [0.1, 0.15) is 26.3 Å². The summed E-state index contributed by atoms with van der Waals surface area (Å²) in [4.78, 5) is 28.2. The lowest BCUT2D eigenvalue weighted by Gasteiger charge is -2.14. The molecule has 0 aliphatic rings. The zero-order valence-electron chi connectivity index (χ0n) is 18.9. The number of benzene rings is 3. The quantitative estimate of drug-likeness (QED) is 0.562. The summed E-state index contributed by atoms with van der Waals surface area (Å²) in [5, 5.41) is 5.47. The first-order valence-corrected chi connectivity index (χ1v) is 10.3. The molecule has 0 aliphatic carbocycles. The number of hydrogen-bond donors (Lipinski definition) is 2. The number of halogens is 2. The van der Waals surface area contributed by atoms with Gasteiger partial charge in [0.15, 0.2) is 0 Å². The summed E-state index contributed by atoms with van der Waals surface area (Å²) >= 11 is 0. The fraction of sp³-hybridized carbons (Fsp3) is 0.200. The van der Waals surface area contributed by atoms with Crippen molar-refractivity contribution in [1.82, 2.24) is 5.32 Å². The fourth-order valence-corrected chi connectivity index (χ4v) is 3.27. The van der Waals surface area contributed by atoms with Crippen LogP contribution in [0.5, 0.6) is 0 Å². The summed E-state index contributed by atoms with van der Waals surface area (Å²) in [6.07, 6.45) is 0. The first-order chi connectivity index (χ1) is 15.7. The zero-order chi connectivity index (χ0) is 24.1. The average molecular weight is 453 g/mol. The Labute approximate surface area is 191 Å². The molecule has 0 radical (unpaired) electrons. The molecule has 6 nitrogen and oxygen atoms in total. The van der Waals surface area contributed by atoms with Gasteiger partial charge in [-0.2, -0.15) is 0 Å². The molecule has 0 spiro atoms. The highest BCUT2D eigenvalue weighted by Gasteiger charge is 2.13. The average Bonchev–Trinajstić information content (AvgIpc) is 2.77. The zero-order valence-corrected chi connectivity index (χ0v) is 18.9. The van der Waals surface area contributed by atoms with Gasteiger partial charge in [-0.05, 0) is 54.1 Å². The van der Waals surface area contributed by atoms with Crippen molar-refractivity contribution in [2.75, 3.05) is 43.3 Å². The third-order valence-electron chi connectivity index (χ3n) is 5.02. The van der Waals surface area contributed by atoms with Crippen LogP contribution in [0.25, 0.3) is 0 Å². The second-order valence-electron chi connectivity index (χ2n) is 7.96. The van der Waals surface area contributed by atoms with Gasteiger partial charge in [-0.25, -0.2) is 8.78 Å². The van der Waals surface area contributed by atoms with Crippen LogP contribution >= 0.6 is 0 Å². The number of carbonyl (C=O) groups is 2. The van der Waals surface area contributed by atoms with Crippen molar-refractivity contribution in [3.05, 3.63) is 89.0 Å². The Morgan fingerprint density at radius 3 is 1.82 bits per heavy atom. The van der Waals surface area contributed by atoms with Crippen molar-refractivity contribution in [1.29, 1.82) is 0 Å². The van der Waals surface area contributed by atoms with E-state index in [0.717, 1.165) is 5.56 Å². The summed E-state index contributed by atoms with van der Waals surface area (Å²) in [6, 6.07) is 15.5. The van der Waals surface area contributed by atoms with Crippen LogP contribution in [-0.4, -0.2) is 40.0 Å². The van der Waals surface area contributed by atoms with Crippen LogP contribution in [-0.2, 0) is 6.54 Å². The first-order valence-electron chi connectivity index (χ1n) is 10.3. The van der Waals surface area contributed by atoms with E-state index in [-0.39, 0.29) is 17.7 Å². The predicted molar refractivity (Wildman–Crippen MR) is 127 cm³/mol. The topological polar surface area (TPSA) is 64.7 Å². The number of nitrogens with one attached hydrogen (secondary N) is 2. The minimum absolute atomic E-state index is 0.186. The second kappa shape index (κ2) is 10.1. The van der Waals surface area contributed by atoms with Gasteiger partial charge < -0.3 is 20.4 Å². The minimum Gasteiger partial charge on any atom is -0.375 e. The molecule has 3 rings (SSSR count). The van der Waals surface area contributed by atoms with Crippen LogP contribution in [0.4, 0.5) is 25.8 Å². The summed E-state index contributed by atoms with van der Waals surface area (Å²) in [7, 11) is 6.88. The molecule has 2 amide bonds. The Balaban J connectivity index is 1.64. The van der Waals surface area contributed by atoms with Gasteiger partial charge in [0.2, 0.25) is 0 Å². The summed E-state index contributed by atoms with van der Waals surface area (Å²) in [6.45, 7) is 0.186. The normalized spacial score (nSPS) is 10.5. The van der Waals surface area contributed by atoms with Crippen LogP contribution < -0.4 is 20.4 Å². The number of carbonyl (C=O) groups excluding carboxylic acids is 2. The van der Waals surface area contributed by atoms with E-state index in [2.05, 4.69) is 10.6 Å². The highest BCUT2D eigenvalue weighted by molar-refractivity contribution is 6.04. The van der Waals surface area contributed by atoms with E-state index in [1.165, 1.54) is 12.1 Å². The molecule has 0 bridgehead atoms. The van der Waals surface area contributed by atoms with Crippen molar-refractivity contribution < 1.29 is 18.4 Å². The predicted octanol–water partition coefficient (Wildman–Crippen LogP) is 4.28. The lowest BCUT2D eigenvalue weighted by molar-refractivity contribution is 0.0949. The number of rotatable bonds is 7. The minimum atomic E-state index is -0.487. The molecule has 0 fully saturated rings. The molecule has 0 saturated carbocycles. The van der Waals surface area contributed by atoms with Gasteiger partial charge in [-0.15, -0.1) is 0 Å². The lowest BCUT2D eigenvalue weighted by Crippen LogP contribution is -2.23. The van der Waals surface area contributed by atoms with Gasteiger partial charge in [0.25, 0.3) is 11.8 Å². The lowest BCUT2D eigenvalue weighted by atomic mass is 10.1. The van der Waals surface area contributed by atoms with E-state index in [4.69, 9.17) is 0 Å². The Kier molecular flexibility index (Phi) is 7.27. The number of anilines is 3. The molecule has 33 heavy (non-hydrogen) atoms. The monoisotopic (exact) mass is 452 g/mol. The maximum atomic E-state index is 14.2. The Morgan fingerprint density at radius 1 is 0.758 bits per heavy atom. The van der Waals surface area contributed by atoms with E-state index >= 15 is 0 Å². The van der Waals surface area contributed by atoms with Crippen molar-refractivity contribution >= 4 is 28.9 Å². The fourth-order valence-electron chi connectivity index (χ4n) is 3.27. The summed E-state index contributed by atoms with van der Waals surface area (Å²) < 4.78 is 28.3. The van der Waals surface area contributed by atoms with Crippen molar-refractivity contribution in [3.63, 3.8) is 0 Å². The Hall–Kier alpha value is -3.94. The number of amides is 2. The molecule has 3 aromatic carbocycles. The molecule has 0 heterocycles. The molecule has 0 aromatic heterocycles. The maximum Gasteiger partial charge on any atom is 0.255 e. The van der Waals surface area contributed by atoms with E-state index < -0.39 is 23.4 Å². The van der Waals surface area contributed by atoms with Crippen molar-refractivity contribution in [3.8, 4) is 0 Å². The van der Waals surface area contributed by atoms with E-state index in [1.807, 2.05) is 0 Å². The molecule has 0 unspecified atom stereocenters. The Morgan fingerprint density at radius 2 is 1.30 bits per heavy atom. The van der Waals surface area contributed by atoms with Crippen LogP contribution in [0.3, 0.4) is 0 Å². The molecule has 0 aliphatic heterocycles. The second-order valence-corrected chi connectivity index (χ2v) is 7.96. The van der Waals surface area contributed by atoms with Gasteiger partial charge in [0.05, 0.1) is 11.4 Å². The van der Waals surface area contributed by atoms with Crippen molar-refractivity contribution in [2.24, 2.45) is 0 Å². The molecular formula is C25H26F2N4O2. The Bertz CT molecular complexity index is 1180. The molecular weight excluding hydrogens is 426 g/mol. The van der Waals surface area contributed by atoms with Gasteiger partial charge in [0.1, 0.15) is 11.6 Å². The summed E-state index contributed by atoms with van der Waals surface area (Å²) in [5.41, 5.74) is 2.43. The SMILES string of the molecule is CN(C)c1ccc(C(=O)NCc2cccc(NC(=O)c3ccc(N(C)C)c(F)c3)c2)cc1F.